The van der Waals surface area contributed by atoms with E-state index >= 15 is 0 Å². The van der Waals surface area contributed by atoms with Crippen molar-refractivity contribution >= 4 is 57.9 Å². The van der Waals surface area contributed by atoms with Crippen molar-refractivity contribution in [2.75, 3.05) is 10.2 Å². The molecule has 3 atom stereocenters. The zero-order valence-electron chi connectivity index (χ0n) is 20.8. The van der Waals surface area contributed by atoms with Crippen LogP contribution in [0.4, 0.5) is 17.1 Å². The second-order valence-electron chi connectivity index (χ2n) is 9.38. The molecule has 1 saturated heterocycles. The van der Waals surface area contributed by atoms with Gasteiger partial charge in [-0.2, -0.15) is 0 Å². The molecule has 1 N–H and O–H groups in total. The summed E-state index contributed by atoms with van der Waals surface area (Å²) in [5, 5.41) is 13.4. The monoisotopic (exact) mass is 576 g/mol. The van der Waals surface area contributed by atoms with Gasteiger partial charge in [-0.25, -0.2) is 4.90 Å². The number of rotatable bonds is 6. The lowest BCUT2D eigenvalue weighted by molar-refractivity contribution is -0.384. The van der Waals surface area contributed by atoms with Crippen LogP contribution in [0.15, 0.2) is 81.2 Å². The van der Waals surface area contributed by atoms with Gasteiger partial charge >= 0.3 is 4.87 Å². The van der Waals surface area contributed by atoms with E-state index in [9.17, 15) is 29.3 Å². The predicted octanol–water partition coefficient (Wildman–Crippen LogP) is 4.15. The number of aromatic nitrogens is 1. The standard InChI is InChI=1S/C27H20N4O7S2/c1-14-4-2-5-15(12-14)28-19(32)13-29-26-23(40-27(29)35)20(18-6-3-11-38-18)21-22(39-26)25(34)30(24(21)33)16-7-9-17(10-8-16)31(36)37/h2-12,20-22H,13H2,1H3,(H,28,32)/t20-,21-,22+/m0/s1. The summed E-state index contributed by atoms with van der Waals surface area (Å²) in [6.45, 7) is 1.62. The fourth-order valence-electron chi connectivity index (χ4n) is 5.08. The lowest BCUT2D eigenvalue weighted by Gasteiger charge is -2.29. The molecule has 2 aliphatic heterocycles. The summed E-state index contributed by atoms with van der Waals surface area (Å²) in [5.74, 6) is -2.60. The Morgan fingerprint density at radius 1 is 1.07 bits per heavy atom. The van der Waals surface area contributed by atoms with Crippen LogP contribution in [0.1, 0.15) is 22.1 Å². The van der Waals surface area contributed by atoms with Crippen LogP contribution in [0.3, 0.4) is 0 Å². The summed E-state index contributed by atoms with van der Waals surface area (Å²) in [7, 11) is 0. The minimum absolute atomic E-state index is 0.168. The SMILES string of the molecule is Cc1cccc(NC(=O)Cn2c3c(sc2=O)[C@@H](c2ccco2)[C@@H]2C(=O)N(c4ccc([N+](=O)[O-])cc4)C(=O)[C@@H]2S3)c1. The molecule has 40 heavy (non-hydrogen) atoms. The number of nitro benzene ring substituents is 1. The summed E-state index contributed by atoms with van der Waals surface area (Å²) in [5.41, 5.74) is 1.61. The number of imide groups is 1. The molecule has 6 rings (SSSR count). The number of nitrogens with one attached hydrogen (secondary N) is 1. The number of thioether (sulfide) groups is 1. The van der Waals surface area contributed by atoms with Gasteiger partial charge in [0.2, 0.25) is 17.7 Å². The lowest BCUT2D eigenvalue weighted by Crippen LogP contribution is -2.32. The maximum Gasteiger partial charge on any atom is 0.308 e. The van der Waals surface area contributed by atoms with Gasteiger partial charge in [0.05, 0.1) is 38.6 Å². The van der Waals surface area contributed by atoms with Gasteiger partial charge in [-0.15, -0.1) is 0 Å². The molecule has 202 valence electrons. The molecule has 4 heterocycles. The third-order valence-electron chi connectivity index (χ3n) is 6.82. The minimum atomic E-state index is -0.898. The van der Waals surface area contributed by atoms with Crippen molar-refractivity contribution in [3.8, 4) is 0 Å². The average molecular weight is 577 g/mol. The van der Waals surface area contributed by atoms with Crippen molar-refractivity contribution in [1.29, 1.82) is 0 Å². The van der Waals surface area contributed by atoms with Gasteiger partial charge in [0.15, 0.2) is 0 Å². The Balaban J connectivity index is 1.37. The van der Waals surface area contributed by atoms with Gasteiger partial charge in [0.25, 0.3) is 5.69 Å². The Kier molecular flexibility index (Phi) is 6.39. The Bertz CT molecular complexity index is 1730. The first-order valence-electron chi connectivity index (χ1n) is 12.2. The number of hydrogen-bond acceptors (Lipinski definition) is 9. The highest BCUT2D eigenvalue weighted by Crippen LogP contribution is 2.54. The van der Waals surface area contributed by atoms with E-state index in [1.165, 1.54) is 35.1 Å². The number of amides is 3. The van der Waals surface area contributed by atoms with Crippen molar-refractivity contribution in [1.82, 2.24) is 4.57 Å². The van der Waals surface area contributed by atoms with Crippen molar-refractivity contribution in [3.05, 3.63) is 103 Å². The van der Waals surface area contributed by atoms with E-state index < -0.39 is 39.7 Å². The Morgan fingerprint density at radius 3 is 2.52 bits per heavy atom. The van der Waals surface area contributed by atoms with E-state index in [1.54, 1.807) is 18.2 Å². The van der Waals surface area contributed by atoms with E-state index in [-0.39, 0.29) is 22.8 Å². The number of carbonyl (C=O) groups excluding carboxylic acids is 3. The molecule has 1 fully saturated rings. The van der Waals surface area contributed by atoms with Crippen molar-refractivity contribution in [2.24, 2.45) is 5.92 Å². The molecule has 0 radical (unpaired) electrons. The molecule has 0 aliphatic carbocycles. The van der Waals surface area contributed by atoms with Crippen molar-refractivity contribution in [3.63, 3.8) is 0 Å². The molecule has 2 aromatic heterocycles. The fourth-order valence-corrected chi connectivity index (χ4v) is 7.83. The van der Waals surface area contributed by atoms with Gasteiger partial charge in [-0.1, -0.05) is 35.2 Å². The second kappa shape index (κ2) is 9.92. The highest BCUT2D eigenvalue weighted by atomic mass is 32.2. The normalized spacial score (nSPS) is 19.8. The van der Waals surface area contributed by atoms with Gasteiger partial charge < -0.3 is 9.73 Å². The van der Waals surface area contributed by atoms with Crippen molar-refractivity contribution in [2.45, 2.75) is 29.7 Å². The number of aryl methyl sites for hydroxylation is 1. The molecule has 11 nitrogen and oxygen atoms in total. The number of hydrogen-bond donors (Lipinski definition) is 1. The first-order valence-corrected chi connectivity index (χ1v) is 13.8. The number of thiazole rings is 1. The molecule has 4 aromatic rings. The van der Waals surface area contributed by atoms with Gasteiger partial charge in [-0.05, 0) is 48.9 Å². The van der Waals surface area contributed by atoms with Crippen molar-refractivity contribution < 1.29 is 23.7 Å². The minimum Gasteiger partial charge on any atom is -0.469 e. The quantitative estimate of drug-likeness (QED) is 0.205. The molecule has 3 amide bonds. The number of fused-ring (bicyclic) bond motifs is 2. The van der Waals surface area contributed by atoms with Gasteiger partial charge in [0.1, 0.15) is 17.6 Å². The number of nitrogens with zero attached hydrogens (tertiary/aromatic N) is 3. The van der Waals surface area contributed by atoms with E-state index in [1.807, 2.05) is 25.1 Å². The van der Waals surface area contributed by atoms with Crippen LogP contribution in [0.2, 0.25) is 0 Å². The maximum absolute atomic E-state index is 13.8. The first kappa shape index (κ1) is 25.8. The van der Waals surface area contributed by atoms with Crippen LogP contribution in [0.25, 0.3) is 0 Å². The molecule has 2 aromatic carbocycles. The molecule has 0 saturated carbocycles. The number of non-ortho nitro benzene ring substituents is 1. The summed E-state index contributed by atoms with van der Waals surface area (Å²) in [6, 6.07) is 15.8. The fraction of sp³-hybridized carbons (Fsp3) is 0.185. The Morgan fingerprint density at radius 2 is 1.85 bits per heavy atom. The maximum atomic E-state index is 13.8. The number of nitro groups is 1. The molecule has 13 heteroatoms. The van der Waals surface area contributed by atoms with E-state index in [0.717, 1.165) is 33.6 Å². The highest BCUT2D eigenvalue weighted by molar-refractivity contribution is 8.00. The van der Waals surface area contributed by atoms with E-state index in [2.05, 4.69) is 5.32 Å². The highest BCUT2D eigenvalue weighted by Gasteiger charge is 2.57. The number of anilines is 2. The Hall–Kier alpha value is -4.49. The zero-order valence-corrected chi connectivity index (χ0v) is 22.4. The number of furan rings is 1. The first-order chi connectivity index (χ1) is 19.2. The third-order valence-corrected chi connectivity index (χ3v) is 9.43. The molecule has 0 bridgehead atoms. The predicted molar refractivity (Wildman–Crippen MR) is 148 cm³/mol. The summed E-state index contributed by atoms with van der Waals surface area (Å²) < 4.78 is 7.00. The molecular weight excluding hydrogens is 556 g/mol. The number of carbonyl (C=O) groups is 3. The van der Waals surface area contributed by atoms with Gasteiger partial charge in [-0.3, -0.25) is 33.9 Å². The summed E-state index contributed by atoms with van der Waals surface area (Å²) in [4.78, 5) is 65.2. The smallest absolute Gasteiger partial charge is 0.308 e. The lowest BCUT2D eigenvalue weighted by atomic mass is 9.87. The second-order valence-corrected chi connectivity index (χ2v) is 11.5. The summed E-state index contributed by atoms with van der Waals surface area (Å²) >= 11 is 1.99. The topological polar surface area (TPSA) is 145 Å². The largest absolute Gasteiger partial charge is 0.469 e. The molecule has 0 spiro atoms. The van der Waals surface area contributed by atoms with Crippen LogP contribution < -0.4 is 15.1 Å². The third kappa shape index (κ3) is 4.32. The molecule has 0 unspecified atom stereocenters. The average Bonchev–Trinajstić information content (AvgIpc) is 3.61. The Labute approximate surface area is 234 Å². The molecular formula is C27H20N4O7S2. The molecule has 2 aliphatic rings. The van der Waals surface area contributed by atoms with Crippen LogP contribution >= 0.6 is 23.1 Å². The van der Waals surface area contributed by atoms with Crippen LogP contribution in [0.5, 0.6) is 0 Å². The van der Waals surface area contributed by atoms with Crippen LogP contribution in [-0.4, -0.2) is 32.5 Å². The zero-order chi connectivity index (χ0) is 28.1. The van der Waals surface area contributed by atoms with Crippen LogP contribution in [-0.2, 0) is 20.9 Å². The van der Waals surface area contributed by atoms with Crippen LogP contribution in [0, 0.1) is 23.0 Å². The number of benzene rings is 2. The van der Waals surface area contributed by atoms with E-state index in [4.69, 9.17) is 4.42 Å². The van der Waals surface area contributed by atoms with Gasteiger partial charge in [0, 0.05) is 17.8 Å². The summed E-state index contributed by atoms with van der Waals surface area (Å²) in [6.07, 6.45) is 1.45. The van der Waals surface area contributed by atoms with E-state index in [0.29, 0.717) is 21.4 Å².